The Balaban J connectivity index is 1.65. The Morgan fingerprint density at radius 2 is 1.76 bits per heavy atom. The molecule has 132 valence electrons. The first-order chi connectivity index (χ1) is 12.0. The van der Waals surface area contributed by atoms with Gasteiger partial charge in [-0.05, 0) is 43.2 Å². The first kappa shape index (κ1) is 18.5. The van der Waals surface area contributed by atoms with Crippen molar-refractivity contribution in [2.45, 2.75) is 19.8 Å². The third-order valence-electron chi connectivity index (χ3n) is 3.77. The highest BCUT2D eigenvalue weighted by atomic mass is 16.2. The number of carbonyl (C=O) groups is 1. The van der Waals surface area contributed by atoms with Crippen LogP contribution in [0.4, 0.5) is 11.4 Å². The third kappa shape index (κ3) is 6.67. The van der Waals surface area contributed by atoms with E-state index in [1.165, 1.54) is 5.56 Å². The number of hydrazone groups is 1. The van der Waals surface area contributed by atoms with E-state index >= 15 is 0 Å². The minimum Gasteiger partial charge on any atom is -0.385 e. The van der Waals surface area contributed by atoms with Gasteiger partial charge in [-0.2, -0.15) is 5.10 Å². The summed E-state index contributed by atoms with van der Waals surface area (Å²) in [4.78, 5) is 13.8. The topological polar surface area (TPSA) is 56.7 Å². The second kappa shape index (κ2) is 9.47. The van der Waals surface area contributed by atoms with Gasteiger partial charge in [-0.3, -0.25) is 4.79 Å². The zero-order valence-electron chi connectivity index (χ0n) is 15.1. The minimum atomic E-state index is -0.0770. The van der Waals surface area contributed by atoms with Crippen LogP contribution in [0, 0.1) is 6.92 Å². The average Bonchev–Trinajstić information content (AvgIpc) is 2.61. The summed E-state index contributed by atoms with van der Waals surface area (Å²) in [5.74, 6) is -0.0770. The van der Waals surface area contributed by atoms with Crippen LogP contribution in [0.15, 0.2) is 53.6 Å². The van der Waals surface area contributed by atoms with Gasteiger partial charge in [0.1, 0.15) is 0 Å². The van der Waals surface area contributed by atoms with Gasteiger partial charge in [-0.25, -0.2) is 5.43 Å². The Labute approximate surface area is 149 Å². The second-order valence-corrected chi connectivity index (χ2v) is 6.18. The summed E-state index contributed by atoms with van der Waals surface area (Å²) >= 11 is 0. The summed E-state index contributed by atoms with van der Waals surface area (Å²) in [5, 5.41) is 7.31. The number of nitrogens with zero attached hydrogens (tertiary/aromatic N) is 2. The van der Waals surface area contributed by atoms with Gasteiger partial charge in [-0.15, -0.1) is 0 Å². The van der Waals surface area contributed by atoms with Crippen LogP contribution in [-0.4, -0.2) is 32.8 Å². The molecule has 1 amide bonds. The molecule has 5 nitrogen and oxygen atoms in total. The van der Waals surface area contributed by atoms with Gasteiger partial charge in [0.15, 0.2) is 0 Å². The summed E-state index contributed by atoms with van der Waals surface area (Å²) in [5.41, 5.74) is 6.95. The normalized spacial score (nSPS) is 10.7. The van der Waals surface area contributed by atoms with Crippen molar-refractivity contribution in [3.63, 3.8) is 0 Å². The molecule has 0 unspecified atom stereocenters. The highest BCUT2D eigenvalue weighted by Gasteiger charge is 1.99. The van der Waals surface area contributed by atoms with Crippen molar-refractivity contribution < 1.29 is 4.79 Å². The van der Waals surface area contributed by atoms with E-state index in [1.54, 1.807) is 6.21 Å². The fraction of sp³-hybridized carbons (Fsp3) is 0.300. The Morgan fingerprint density at radius 3 is 2.40 bits per heavy atom. The number of carbonyl (C=O) groups excluding carboxylic acids is 1. The van der Waals surface area contributed by atoms with Gasteiger partial charge >= 0.3 is 0 Å². The lowest BCUT2D eigenvalue weighted by molar-refractivity contribution is -0.121. The SMILES string of the molecule is Cc1ccc(NCCCC(=O)N/N=C\c2ccc(N(C)C)cc2)cc1. The number of hydrogen-bond donors (Lipinski definition) is 2. The number of rotatable bonds is 8. The van der Waals surface area contributed by atoms with Gasteiger partial charge in [-0.1, -0.05) is 29.8 Å². The second-order valence-electron chi connectivity index (χ2n) is 6.18. The molecule has 0 heterocycles. The molecule has 0 radical (unpaired) electrons. The van der Waals surface area contributed by atoms with Gasteiger partial charge in [0, 0.05) is 38.4 Å². The maximum absolute atomic E-state index is 11.8. The summed E-state index contributed by atoms with van der Waals surface area (Å²) in [7, 11) is 3.99. The predicted octanol–water partition coefficient (Wildman–Crippen LogP) is 3.40. The molecule has 0 fully saturated rings. The molecule has 0 aliphatic rings. The molecule has 0 aromatic heterocycles. The van der Waals surface area contributed by atoms with Crippen LogP contribution in [0.3, 0.4) is 0 Å². The molecule has 0 spiro atoms. The molecule has 2 aromatic rings. The monoisotopic (exact) mass is 338 g/mol. The van der Waals surface area contributed by atoms with E-state index in [0.29, 0.717) is 6.42 Å². The van der Waals surface area contributed by atoms with E-state index in [4.69, 9.17) is 0 Å². The maximum Gasteiger partial charge on any atom is 0.240 e. The average molecular weight is 338 g/mol. The number of anilines is 2. The van der Waals surface area contributed by atoms with E-state index in [1.807, 2.05) is 55.4 Å². The van der Waals surface area contributed by atoms with Crippen LogP contribution in [-0.2, 0) is 4.79 Å². The largest absolute Gasteiger partial charge is 0.385 e. The Kier molecular flexibility index (Phi) is 7.01. The van der Waals surface area contributed by atoms with Crippen molar-refractivity contribution in [2.24, 2.45) is 5.10 Å². The molecular formula is C20H26N4O. The van der Waals surface area contributed by atoms with Crippen molar-refractivity contribution >= 4 is 23.5 Å². The van der Waals surface area contributed by atoms with Gasteiger partial charge < -0.3 is 10.2 Å². The highest BCUT2D eigenvalue weighted by molar-refractivity contribution is 5.82. The lowest BCUT2D eigenvalue weighted by atomic mass is 10.2. The fourth-order valence-corrected chi connectivity index (χ4v) is 2.25. The maximum atomic E-state index is 11.8. The smallest absolute Gasteiger partial charge is 0.240 e. The van der Waals surface area contributed by atoms with Crippen LogP contribution in [0.1, 0.15) is 24.0 Å². The Hall–Kier alpha value is -2.82. The molecule has 0 aliphatic carbocycles. The van der Waals surface area contributed by atoms with Crippen LogP contribution >= 0.6 is 0 Å². The molecule has 2 aromatic carbocycles. The van der Waals surface area contributed by atoms with Crippen LogP contribution < -0.4 is 15.6 Å². The molecule has 0 bridgehead atoms. The van der Waals surface area contributed by atoms with E-state index in [2.05, 4.69) is 34.9 Å². The summed E-state index contributed by atoms with van der Waals surface area (Å²) in [6.45, 7) is 2.82. The predicted molar refractivity (Wildman–Crippen MR) is 105 cm³/mol. The molecule has 25 heavy (non-hydrogen) atoms. The van der Waals surface area contributed by atoms with Crippen molar-refractivity contribution in [1.82, 2.24) is 5.43 Å². The van der Waals surface area contributed by atoms with Crippen molar-refractivity contribution in [2.75, 3.05) is 30.9 Å². The lowest BCUT2D eigenvalue weighted by Crippen LogP contribution is -2.18. The first-order valence-corrected chi connectivity index (χ1v) is 8.44. The number of hydrogen-bond acceptors (Lipinski definition) is 4. The number of benzene rings is 2. The van der Waals surface area contributed by atoms with Crippen LogP contribution in [0.5, 0.6) is 0 Å². The van der Waals surface area contributed by atoms with Gasteiger partial charge in [0.25, 0.3) is 0 Å². The number of nitrogens with one attached hydrogen (secondary N) is 2. The summed E-state index contributed by atoms with van der Waals surface area (Å²) in [6.07, 6.45) is 2.85. The third-order valence-corrected chi connectivity index (χ3v) is 3.77. The molecule has 0 saturated carbocycles. The molecule has 0 saturated heterocycles. The summed E-state index contributed by atoms with van der Waals surface area (Å²) in [6, 6.07) is 16.2. The standard InChI is InChI=1S/C20H26N4O/c1-16-6-10-18(11-7-16)21-14-4-5-20(25)23-22-15-17-8-12-19(13-9-17)24(2)3/h6-13,15,21H,4-5,14H2,1-3H3,(H,23,25)/b22-15-. The van der Waals surface area contributed by atoms with Crippen molar-refractivity contribution in [3.8, 4) is 0 Å². The first-order valence-electron chi connectivity index (χ1n) is 8.44. The van der Waals surface area contributed by atoms with E-state index in [-0.39, 0.29) is 5.91 Å². The molecule has 0 atom stereocenters. The van der Waals surface area contributed by atoms with E-state index in [9.17, 15) is 4.79 Å². The van der Waals surface area contributed by atoms with Crippen molar-refractivity contribution in [1.29, 1.82) is 0 Å². The Bertz CT molecular complexity index is 691. The molecule has 2 rings (SSSR count). The highest BCUT2D eigenvalue weighted by Crippen LogP contribution is 2.11. The molecular weight excluding hydrogens is 312 g/mol. The van der Waals surface area contributed by atoms with Crippen LogP contribution in [0.2, 0.25) is 0 Å². The number of aryl methyl sites for hydroxylation is 1. The van der Waals surface area contributed by atoms with Crippen molar-refractivity contribution in [3.05, 3.63) is 59.7 Å². The molecule has 5 heteroatoms. The lowest BCUT2D eigenvalue weighted by Gasteiger charge is -2.11. The minimum absolute atomic E-state index is 0.0770. The zero-order valence-corrected chi connectivity index (χ0v) is 15.1. The van der Waals surface area contributed by atoms with Gasteiger partial charge in [0.05, 0.1) is 6.21 Å². The summed E-state index contributed by atoms with van der Waals surface area (Å²) < 4.78 is 0. The number of amides is 1. The Morgan fingerprint density at radius 1 is 1.08 bits per heavy atom. The molecule has 2 N–H and O–H groups in total. The van der Waals surface area contributed by atoms with Gasteiger partial charge in [0.2, 0.25) is 5.91 Å². The van der Waals surface area contributed by atoms with E-state index < -0.39 is 0 Å². The quantitative estimate of drug-likeness (QED) is 0.441. The van der Waals surface area contributed by atoms with Crippen LogP contribution in [0.25, 0.3) is 0 Å². The fourth-order valence-electron chi connectivity index (χ4n) is 2.25. The van der Waals surface area contributed by atoms with E-state index in [0.717, 1.165) is 29.9 Å². The molecule has 0 aliphatic heterocycles. The zero-order chi connectivity index (χ0) is 18.1.